The zero-order valence-corrected chi connectivity index (χ0v) is 25.3. The highest BCUT2D eigenvalue weighted by Gasteiger charge is 2.41. The van der Waals surface area contributed by atoms with E-state index in [2.05, 4.69) is 16.6 Å². The highest BCUT2D eigenvalue weighted by molar-refractivity contribution is 7.89. The normalized spacial score (nSPS) is 22.0. The molecule has 1 aliphatic heterocycles. The Labute approximate surface area is 257 Å². The molecular formula is C32H37N3O8S. The van der Waals surface area contributed by atoms with E-state index in [0.29, 0.717) is 76.4 Å². The molecule has 3 fully saturated rings. The molecule has 1 saturated heterocycles. The van der Waals surface area contributed by atoms with Crippen LogP contribution in [0.15, 0.2) is 47.4 Å². The van der Waals surface area contributed by atoms with E-state index in [4.69, 9.17) is 9.47 Å². The Bertz CT molecular complexity index is 1520. The summed E-state index contributed by atoms with van der Waals surface area (Å²) >= 11 is 0. The number of ether oxygens (including phenoxy) is 2. The number of sulfonamides is 1. The molecule has 3 aliphatic rings. The van der Waals surface area contributed by atoms with Gasteiger partial charge >= 0.3 is 0 Å². The maximum absolute atomic E-state index is 13.3. The number of morpholine rings is 1. The molecule has 2 aliphatic carbocycles. The Kier molecular flexibility index (Phi) is 10.3. The van der Waals surface area contributed by atoms with Gasteiger partial charge in [-0.2, -0.15) is 0 Å². The molecule has 0 bridgehead atoms. The lowest BCUT2D eigenvalue weighted by atomic mass is 9.85. The van der Waals surface area contributed by atoms with Crippen LogP contribution >= 0.6 is 0 Å². The molecule has 12 heteroatoms. The van der Waals surface area contributed by atoms with Gasteiger partial charge in [0.15, 0.2) is 0 Å². The summed E-state index contributed by atoms with van der Waals surface area (Å²) in [6, 6.07) is 10.9. The number of hydrogen-bond donors (Lipinski definition) is 1. The van der Waals surface area contributed by atoms with Crippen LogP contribution in [0.4, 0.5) is 5.69 Å². The Morgan fingerprint density at radius 1 is 1.09 bits per heavy atom. The average molecular weight is 624 g/mol. The van der Waals surface area contributed by atoms with E-state index in [9.17, 15) is 28.1 Å². The van der Waals surface area contributed by atoms with E-state index in [1.165, 1.54) is 12.1 Å². The summed E-state index contributed by atoms with van der Waals surface area (Å²) in [6.07, 6.45) is 5.90. The molecule has 1 N–H and O–H groups in total. The molecule has 0 spiro atoms. The van der Waals surface area contributed by atoms with Gasteiger partial charge in [0.2, 0.25) is 15.9 Å². The fourth-order valence-corrected chi connectivity index (χ4v) is 7.31. The fraction of sp³-hybridized carbons (Fsp3) is 0.500. The van der Waals surface area contributed by atoms with Crippen LogP contribution in [0.5, 0.6) is 0 Å². The largest absolute Gasteiger partial charge is 0.468 e. The van der Waals surface area contributed by atoms with Gasteiger partial charge in [-0.1, -0.05) is 24.0 Å². The van der Waals surface area contributed by atoms with Crippen molar-refractivity contribution in [2.45, 2.75) is 68.3 Å². The summed E-state index contributed by atoms with van der Waals surface area (Å²) in [4.78, 5) is 36.5. The minimum Gasteiger partial charge on any atom is -0.468 e. The van der Waals surface area contributed by atoms with E-state index in [1.54, 1.807) is 12.1 Å². The summed E-state index contributed by atoms with van der Waals surface area (Å²) < 4.78 is 39.4. The van der Waals surface area contributed by atoms with Crippen molar-refractivity contribution in [2.75, 3.05) is 26.4 Å². The molecule has 1 amide bonds. The topological polar surface area (TPSA) is 145 Å². The summed E-state index contributed by atoms with van der Waals surface area (Å²) in [5.41, 5.74) is 1.40. The van der Waals surface area contributed by atoms with E-state index in [1.807, 2.05) is 17.0 Å². The van der Waals surface area contributed by atoms with Gasteiger partial charge in [0, 0.05) is 30.1 Å². The highest BCUT2D eigenvalue weighted by Crippen LogP contribution is 2.38. The number of nitrogens with zero attached hydrogens (tertiary/aromatic N) is 2. The number of hydrogen-bond acceptors (Lipinski definition) is 8. The van der Waals surface area contributed by atoms with Crippen LogP contribution in [-0.2, 0) is 35.5 Å². The molecular weight excluding hydrogens is 586 g/mol. The first kappa shape index (κ1) is 31.6. The summed E-state index contributed by atoms with van der Waals surface area (Å²) in [6.45, 7) is 2.51. The third-order valence-electron chi connectivity index (χ3n) is 8.58. The standard InChI is InChI=1S/C32H37N3O8S/c36-22-43-18-1-2-23-3-5-24(6-4-23)7-8-25-13-16-29(20-30(25)35(38)39)44(40,41)33-28-14-11-27(12-15-28)32(37)34-17-19-42-21-31(34)26-9-10-26/h3-6,13,16,20,22,26-28,31,33H,1-2,9-12,14-15,17-19,21H2/t27-,28-,31-/m1/s1. The van der Waals surface area contributed by atoms with Crippen molar-refractivity contribution < 1.29 is 32.4 Å². The van der Waals surface area contributed by atoms with Crippen molar-refractivity contribution in [3.05, 3.63) is 69.3 Å². The van der Waals surface area contributed by atoms with E-state index < -0.39 is 20.6 Å². The monoisotopic (exact) mass is 623 g/mol. The highest BCUT2D eigenvalue weighted by atomic mass is 32.2. The van der Waals surface area contributed by atoms with E-state index in [-0.39, 0.29) is 34.4 Å². The van der Waals surface area contributed by atoms with Crippen LogP contribution in [0.3, 0.4) is 0 Å². The van der Waals surface area contributed by atoms with Gasteiger partial charge < -0.3 is 14.4 Å². The molecule has 0 unspecified atom stereocenters. The van der Waals surface area contributed by atoms with Gasteiger partial charge in [-0.15, -0.1) is 0 Å². The zero-order valence-electron chi connectivity index (χ0n) is 24.5. The lowest BCUT2D eigenvalue weighted by Crippen LogP contribution is -2.52. The van der Waals surface area contributed by atoms with Crippen LogP contribution < -0.4 is 4.72 Å². The Balaban J connectivity index is 1.19. The second-order valence-corrected chi connectivity index (χ2v) is 13.3. The molecule has 0 radical (unpaired) electrons. The Hall–Kier alpha value is -3.79. The minimum absolute atomic E-state index is 0.107. The molecule has 1 heterocycles. The zero-order chi connectivity index (χ0) is 31.1. The van der Waals surface area contributed by atoms with Crippen molar-refractivity contribution >= 4 is 28.1 Å². The number of nitro benzene ring substituents is 1. The number of rotatable bonds is 11. The van der Waals surface area contributed by atoms with Gasteiger partial charge in [-0.3, -0.25) is 19.7 Å². The molecule has 2 aromatic carbocycles. The molecule has 234 valence electrons. The first-order valence-corrected chi connectivity index (χ1v) is 16.6. The van der Waals surface area contributed by atoms with Crippen LogP contribution in [0.25, 0.3) is 0 Å². The lowest BCUT2D eigenvalue weighted by molar-refractivity contribution is -0.385. The second kappa shape index (κ2) is 14.3. The molecule has 5 rings (SSSR count). The van der Waals surface area contributed by atoms with Crippen molar-refractivity contribution in [3.8, 4) is 11.8 Å². The molecule has 2 aromatic rings. The summed E-state index contributed by atoms with van der Waals surface area (Å²) in [7, 11) is -4.03. The van der Waals surface area contributed by atoms with E-state index >= 15 is 0 Å². The number of aryl methyl sites for hydroxylation is 1. The number of carbonyl (C=O) groups excluding carboxylic acids is 2. The molecule has 44 heavy (non-hydrogen) atoms. The second-order valence-electron chi connectivity index (χ2n) is 11.6. The maximum atomic E-state index is 13.3. The molecule has 2 saturated carbocycles. The lowest BCUT2D eigenvalue weighted by Gasteiger charge is -2.39. The van der Waals surface area contributed by atoms with Crippen LogP contribution in [0.1, 0.15) is 61.6 Å². The molecule has 1 atom stereocenters. The van der Waals surface area contributed by atoms with Gasteiger partial charge in [-0.25, -0.2) is 13.1 Å². The minimum atomic E-state index is -4.03. The average Bonchev–Trinajstić information content (AvgIpc) is 3.88. The van der Waals surface area contributed by atoms with Crippen molar-refractivity contribution in [2.24, 2.45) is 11.8 Å². The number of amides is 1. The van der Waals surface area contributed by atoms with Crippen LogP contribution in [-0.4, -0.2) is 69.1 Å². The summed E-state index contributed by atoms with van der Waals surface area (Å²) in [5.74, 6) is 6.25. The Morgan fingerprint density at radius 2 is 1.84 bits per heavy atom. The number of nitro groups is 1. The predicted molar refractivity (Wildman–Crippen MR) is 161 cm³/mol. The molecule has 0 aromatic heterocycles. The first-order valence-electron chi connectivity index (χ1n) is 15.1. The van der Waals surface area contributed by atoms with E-state index in [0.717, 1.165) is 30.9 Å². The van der Waals surface area contributed by atoms with Gasteiger partial charge in [0.05, 0.1) is 35.7 Å². The number of nitrogens with one attached hydrogen (secondary N) is 1. The predicted octanol–water partition coefficient (Wildman–Crippen LogP) is 3.57. The van der Waals surface area contributed by atoms with Crippen molar-refractivity contribution in [1.82, 2.24) is 9.62 Å². The van der Waals surface area contributed by atoms with Crippen LogP contribution in [0.2, 0.25) is 0 Å². The van der Waals surface area contributed by atoms with Gasteiger partial charge in [0.25, 0.3) is 12.2 Å². The number of carbonyl (C=O) groups is 2. The molecule has 11 nitrogen and oxygen atoms in total. The number of benzene rings is 2. The van der Waals surface area contributed by atoms with Gasteiger partial charge in [-0.05, 0) is 87.1 Å². The van der Waals surface area contributed by atoms with Crippen molar-refractivity contribution in [3.63, 3.8) is 0 Å². The van der Waals surface area contributed by atoms with Crippen LogP contribution in [0, 0.1) is 33.8 Å². The SMILES string of the molecule is O=COCCCc1ccc(C#Cc2ccc(S(=O)(=O)N[C@H]3CC[C@H](C(=O)N4CCOC[C@@H]4C4CC4)CC3)cc2[N+](=O)[O-])cc1. The smallest absolute Gasteiger partial charge is 0.293 e. The Morgan fingerprint density at radius 3 is 2.52 bits per heavy atom. The third-order valence-corrected chi connectivity index (χ3v) is 10.1. The summed E-state index contributed by atoms with van der Waals surface area (Å²) in [5, 5.41) is 11.8. The fourth-order valence-electron chi connectivity index (χ4n) is 5.99. The first-order chi connectivity index (χ1) is 21.2. The van der Waals surface area contributed by atoms with Gasteiger partial charge in [0.1, 0.15) is 5.56 Å². The van der Waals surface area contributed by atoms with Crippen molar-refractivity contribution in [1.29, 1.82) is 0 Å². The maximum Gasteiger partial charge on any atom is 0.293 e. The third kappa shape index (κ3) is 8.02. The quantitative estimate of drug-likeness (QED) is 0.132.